The van der Waals surface area contributed by atoms with Crippen molar-refractivity contribution in [1.82, 2.24) is 5.32 Å². The summed E-state index contributed by atoms with van der Waals surface area (Å²) >= 11 is 3.42. The van der Waals surface area contributed by atoms with E-state index in [0.29, 0.717) is 0 Å². The molecule has 4 nitrogen and oxygen atoms in total. The molecule has 2 aromatic rings. The van der Waals surface area contributed by atoms with Crippen molar-refractivity contribution in [2.45, 2.75) is 13.0 Å². The standard InChI is InChI=1S/C16H17BrN2O2/c1-11(12-4-3-5-13(17)10-12)18-16(20)19-14-6-8-15(21-2)9-7-14/h3-11H,1-2H3,(H2,18,19,20). The van der Waals surface area contributed by atoms with Crippen LogP contribution in [0.4, 0.5) is 10.5 Å². The Morgan fingerprint density at radius 1 is 1.19 bits per heavy atom. The van der Waals surface area contributed by atoms with Gasteiger partial charge in [0.25, 0.3) is 0 Å². The summed E-state index contributed by atoms with van der Waals surface area (Å²) in [6.45, 7) is 1.94. The van der Waals surface area contributed by atoms with E-state index in [-0.39, 0.29) is 12.1 Å². The van der Waals surface area contributed by atoms with Crippen LogP contribution >= 0.6 is 15.9 Å². The number of halogens is 1. The fraction of sp³-hybridized carbons (Fsp3) is 0.188. The summed E-state index contributed by atoms with van der Waals surface area (Å²) < 4.78 is 6.06. The maximum atomic E-state index is 12.0. The van der Waals surface area contributed by atoms with Crippen molar-refractivity contribution < 1.29 is 9.53 Å². The first-order valence-corrected chi connectivity index (χ1v) is 7.35. The number of hydrogen-bond acceptors (Lipinski definition) is 2. The minimum absolute atomic E-state index is 0.0826. The Morgan fingerprint density at radius 3 is 2.52 bits per heavy atom. The highest BCUT2D eigenvalue weighted by atomic mass is 79.9. The fourth-order valence-electron chi connectivity index (χ4n) is 1.90. The van der Waals surface area contributed by atoms with Crippen LogP contribution in [0.25, 0.3) is 0 Å². The van der Waals surface area contributed by atoms with Gasteiger partial charge in [-0.15, -0.1) is 0 Å². The quantitative estimate of drug-likeness (QED) is 0.863. The van der Waals surface area contributed by atoms with Crippen molar-refractivity contribution in [2.24, 2.45) is 0 Å². The number of carbonyl (C=O) groups excluding carboxylic acids is 1. The van der Waals surface area contributed by atoms with Crippen LogP contribution in [0.3, 0.4) is 0 Å². The van der Waals surface area contributed by atoms with Gasteiger partial charge >= 0.3 is 6.03 Å². The van der Waals surface area contributed by atoms with Crippen LogP contribution in [0.1, 0.15) is 18.5 Å². The molecule has 0 bridgehead atoms. The normalized spacial score (nSPS) is 11.6. The predicted molar refractivity (Wildman–Crippen MR) is 87.7 cm³/mol. The number of rotatable bonds is 4. The Kier molecular flexibility index (Phi) is 5.22. The second kappa shape index (κ2) is 7.13. The summed E-state index contributed by atoms with van der Waals surface area (Å²) in [5, 5.41) is 5.69. The van der Waals surface area contributed by atoms with Crippen molar-refractivity contribution in [3.8, 4) is 5.75 Å². The number of ether oxygens (including phenoxy) is 1. The molecule has 1 atom stereocenters. The van der Waals surface area contributed by atoms with Crippen molar-refractivity contribution >= 4 is 27.6 Å². The molecule has 2 rings (SSSR count). The Balaban J connectivity index is 1.94. The molecule has 1 unspecified atom stereocenters. The van der Waals surface area contributed by atoms with Crippen LogP contribution in [0.15, 0.2) is 53.0 Å². The molecule has 0 aromatic heterocycles. The molecule has 2 aromatic carbocycles. The molecule has 0 aliphatic rings. The first-order chi connectivity index (χ1) is 10.1. The minimum Gasteiger partial charge on any atom is -0.497 e. The van der Waals surface area contributed by atoms with Crippen molar-refractivity contribution in [1.29, 1.82) is 0 Å². The maximum Gasteiger partial charge on any atom is 0.319 e. The second-order valence-corrected chi connectivity index (χ2v) is 5.52. The molecule has 21 heavy (non-hydrogen) atoms. The van der Waals surface area contributed by atoms with E-state index in [0.717, 1.165) is 21.5 Å². The number of hydrogen-bond donors (Lipinski definition) is 2. The lowest BCUT2D eigenvalue weighted by Crippen LogP contribution is -2.31. The van der Waals surface area contributed by atoms with Crippen molar-refractivity contribution in [3.63, 3.8) is 0 Å². The van der Waals surface area contributed by atoms with Crippen LogP contribution in [0.2, 0.25) is 0 Å². The Hall–Kier alpha value is -2.01. The number of methoxy groups -OCH3 is 1. The van der Waals surface area contributed by atoms with E-state index < -0.39 is 0 Å². The lowest BCUT2D eigenvalue weighted by Gasteiger charge is -2.15. The Labute approximate surface area is 132 Å². The molecule has 0 saturated heterocycles. The molecule has 110 valence electrons. The summed E-state index contributed by atoms with van der Waals surface area (Å²) in [6.07, 6.45) is 0. The van der Waals surface area contributed by atoms with Gasteiger partial charge < -0.3 is 15.4 Å². The van der Waals surface area contributed by atoms with Gasteiger partial charge in [-0.2, -0.15) is 0 Å². The van der Waals surface area contributed by atoms with Crippen LogP contribution in [-0.4, -0.2) is 13.1 Å². The molecule has 0 heterocycles. The average Bonchev–Trinajstić information content (AvgIpc) is 2.48. The minimum atomic E-state index is -0.243. The van der Waals surface area contributed by atoms with Crippen molar-refractivity contribution in [2.75, 3.05) is 12.4 Å². The number of benzene rings is 2. The molecule has 0 radical (unpaired) electrons. The summed E-state index contributed by atoms with van der Waals surface area (Å²) in [5.74, 6) is 0.753. The van der Waals surface area contributed by atoms with E-state index >= 15 is 0 Å². The maximum absolute atomic E-state index is 12.0. The zero-order chi connectivity index (χ0) is 15.2. The number of carbonyl (C=O) groups is 1. The molecule has 0 saturated carbocycles. The smallest absolute Gasteiger partial charge is 0.319 e. The zero-order valence-electron chi connectivity index (χ0n) is 11.9. The first kappa shape index (κ1) is 15.4. The monoisotopic (exact) mass is 348 g/mol. The zero-order valence-corrected chi connectivity index (χ0v) is 13.5. The van der Waals surface area contributed by atoms with Crippen LogP contribution in [0.5, 0.6) is 5.75 Å². The third-order valence-electron chi connectivity index (χ3n) is 3.04. The third-order valence-corrected chi connectivity index (χ3v) is 3.54. The highest BCUT2D eigenvalue weighted by Crippen LogP contribution is 2.18. The molecule has 2 amide bonds. The molecule has 5 heteroatoms. The first-order valence-electron chi connectivity index (χ1n) is 6.55. The van der Waals surface area contributed by atoms with E-state index in [2.05, 4.69) is 26.6 Å². The molecule has 2 N–H and O–H groups in total. The SMILES string of the molecule is COc1ccc(NC(=O)NC(C)c2cccc(Br)c2)cc1. The summed E-state index contributed by atoms with van der Waals surface area (Å²) in [5.41, 5.74) is 1.75. The van der Waals surface area contributed by atoms with E-state index in [9.17, 15) is 4.79 Å². The van der Waals surface area contributed by atoms with E-state index in [1.165, 1.54) is 0 Å². The van der Waals surface area contributed by atoms with Gasteiger partial charge in [-0.3, -0.25) is 0 Å². The predicted octanol–water partition coefficient (Wildman–Crippen LogP) is 4.34. The number of anilines is 1. The Morgan fingerprint density at radius 2 is 1.90 bits per heavy atom. The average molecular weight is 349 g/mol. The van der Waals surface area contributed by atoms with Gasteiger partial charge in [-0.25, -0.2) is 4.79 Å². The van der Waals surface area contributed by atoms with Crippen LogP contribution in [0, 0.1) is 0 Å². The lowest BCUT2D eigenvalue weighted by molar-refractivity contribution is 0.249. The lowest BCUT2D eigenvalue weighted by atomic mass is 10.1. The number of amides is 2. The molecule has 0 fully saturated rings. The summed E-state index contributed by atoms with van der Waals surface area (Å²) in [7, 11) is 1.61. The van der Waals surface area contributed by atoms with Gasteiger partial charge in [0.05, 0.1) is 13.2 Å². The van der Waals surface area contributed by atoms with Crippen molar-refractivity contribution in [3.05, 3.63) is 58.6 Å². The van der Waals surface area contributed by atoms with E-state index in [4.69, 9.17) is 4.74 Å². The highest BCUT2D eigenvalue weighted by molar-refractivity contribution is 9.10. The van der Waals surface area contributed by atoms with Crippen LogP contribution in [-0.2, 0) is 0 Å². The van der Waals surface area contributed by atoms with Gasteiger partial charge in [0, 0.05) is 10.2 Å². The molecular weight excluding hydrogens is 332 g/mol. The van der Waals surface area contributed by atoms with E-state index in [1.807, 2.05) is 31.2 Å². The topological polar surface area (TPSA) is 50.4 Å². The number of nitrogens with one attached hydrogen (secondary N) is 2. The molecule has 0 spiro atoms. The van der Waals surface area contributed by atoms with Crippen LogP contribution < -0.4 is 15.4 Å². The van der Waals surface area contributed by atoms with E-state index in [1.54, 1.807) is 31.4 Å². The van der Waals surface area contributed by atoms with Gasteiger partial charge in [0.1, 0.15) is 5.75 Å². The second-order valence-electron chi connectivity index (χ2n) is 4.60. The van der Waals surface area contributed by atoms with Gasteiger partial charge in [-0.05, 0) is 48.9 Å². The Bertz CT molecular complexity index is 614. The van der Waals surface area contributed by atoms with Gasteiger partial charge in [-0.1, -0.05) is 28.1 Å². The molecule has 0 aliphatic heterocycles. The summed E-state index contributed by atoms with van der Waals surface area (Å²) in [4.78, 5) is 12.0. The largest absolute Gasteiger partial charge is 0.497 e. The summed E-state index contributed by atoms with van der Waals surface area (Å²) in [6, 6.07) is 14.7. The number of urea groups is 1. The van der Waals surface area contributed by atoms with Gasteiger partial charge in [0.2, 0.25) is 0 Å². The third kappa shape index (κ3) is 4.49. The fourth-order valence-corrected chi connectivity index (χ4v) is 2.31. The molecular formula is C16H17BrN2O2. The molecule has 0 aliphatic carbocycles. The van der Waals surface area contributed by atoms with Gasteiger partial charge in [0.15, 0.2) is 0 Å². The highest BCUT2D eigenvalue weighted by Gasteiger charge is 2.09.